The molecule has 5 nitrogen and oxygen atoms in total. The summed E-state index contributed by atoms with van der Waals surface area (Å²) in [5.41, 5.74) is 12.1. The van der Waals surface area contributed by atoms with Crippen LogP contribution in [0.1, 0.15) is 5.69 Å². The molecule has 0 amide bonds. The average Bonchev–Trinajstić information content (AvgIpc) is 2.24. The molecule has 1 heterocycles. The molecule has 0 aromatic carbocycles. The molecular formula is C10H12N4O. The first-order valence-electron chi connectivity index (χ1n) is 4.17. The Labute approximate surface area is 87.4 Å². The molecule has 5 N–H and O–H groups in total. The summed E-state index contributed by atoms with van der Waals surface area (Å²) in [6.07, 6.45) is 2.72. The summed E-state index contributed by atoms with van der Waals surface area (Å²) in [6, 6.07) is 1.51. The topological polar surface area (TPSA) is 98.0 Å². The Kier molecular flexibility index (Phi) is 3.07. The summed E-state index contributed by atoms with van der Waals surface area (Å²) < 4.78 is 0. The van der Waals surface area contributed by atoms with E-state index in [1.54, 1.807) is 0 Å². The lowest BCUT2D eigenvalue weighted by Gasteiger charge is -2.04. The molecule has 0 saturated carbocycles. The number of rotatable bonds is 3. The number of allylic oxidation sites excluding steroid dienone is 3. The van der Waals surface area contributed by atoms with Crippen molar-refractivity contribution < 1.29 is 5.11 Å². The highest BCUT2D eigenvalue weighted by molar-refractivity contribution is 5.76. The molecule has 0 bridgehead atoms. The van der Waals surface area contributed by atoms with E-state index < -0.39 is 0 Å². The highest BCUT2D eigenvalue weighted by atomic mass is 16.3. The van der Waals surface area contributed by atoms with Gasteiger partial charge in [-0.05, 0) is 12.1 Å². The summed E-state index contributed by atoms with van der Waals surface area (Å²) in [5, 5.41) is 16.9. The fraction of sp³-hybridized carbons (Fsp3) is 0. The summed E-state index contributed by atoms with van der Waals surface area (Å²) in [5.74, 6) is 0.115. The zero-order valence-corrected chi connectivity index (χ0v) is 8.14. The summed E-state index contributed by atoms with van der Waals surface area (Å²) >= 11 is 0. The second-order valence-electron chi connectivity index (χ2n) is 2.78. The zero-order valence-electron chi connectivity index (χ0n) is 8.14. The zero-order chi connectivity index (χ0) is 11.4. The predicted octanol–water partition coefficient (Wildman–Crippen LogP) is 1.28. The first kappa shape index (κ1) is 10.8. The Morgan fingerprint density at radius 3 is 2.40 bits per heavy atom. The maximum atomic E-state index is 9.48. The number of aliphatic hydroxyl groups excluding tert-OH is 1. The standard InChI is InChI=1S/C10H12N4O/c1-3-6(9(15)4-2)8-5-7(11)10(12)14-13-8/h3-5,15H,1-2H2,(H2,11,13)(H2,12,14)/b9-6-. The lowest BCUT2D eigenvalue weighted by Crippen LogP contribution is -2.02. The molecule has 0 radical (unpaired) electrons. The monoisotopic (exact) mass is 204 g/mol. The number of nitrogens with two attached hydrogens (primary N) is 2. The molecule has 1 aromatic rings. The first-order chi connectivity index (χ1) is 7.10. The van der Waals surface area contributed by atoms with Crippen molar-refractivity contribution in [2.24, 2.45) is 0 Å². The van der Waals surface area contributed by atoms with Crippen LogP contribution in [0.4, 0.5) is 11.5 Å². The minimum atomic E-state index is -0.0385. The maximum absolute atomic E-state index is 9.48. The van der Waals surface area contributed by atoms with Crippen LogP contribution in [0.5, 0.6) is 0 Å². The average molecular weight is 204 g/mol. The minimum Gasteiger partial charge on any atom is -0.507 e. The number of anilines is 2. The minimum absolute atomic E-state index is 0.0385. The van der Waals surface area contributed by atoms with Crippen LogP contribution in [0.3, 0.4) is 0 Å². The lowest BCUT2D eigenvalue weighted by atomic mass is 10.1. The molecule has 0 unspecified atom stereocenters. The molecule has 0 aliphatic rings. The Hall–Kier alpha value is -2.30. The van der Waals surface area contributed by atoms with Gasteiger partial charge in [0.15, 0.2) is 5.82 Å². The number of nitrogens with zero attached hydrogens (tertiary/aromatic N) is 2. The van der Waals surface area contributed by atoms with Crippen molar-refractivity contribution in [3.63, 3.8) is 0 Å². The van der Waals surface area contributed by atoms with Crippen molar-refractivity contribution in [2.75, 3.05) is 11.5 Å². The van der Waals surface area contributed by atoms with E-state index >= 15 is 0 Å². The van der Waals surface area contributed by atoms with Crippen LogP contribution >= 0.6 is 0 Å². The van der Waals surface area contributed by atoms with Crippen molar-refractivity contribution in [3.05, 3.63) is 42.8 Å². The Bertz CT molecular complexity index is 437. The van der Waals surface area contributed by atoms with Gasteiger partial charge in [0.1, 0.15) is 5.76 Å². The highest BCUT2D eigenvalue weighted by Crippen LogP contribution is 2.20. The van der Waals surface area contributed by atoms with Gasteiger partial charge in [-0.15, -0.1) is 10.2 Å². The van der Waals surface area contributed by atoms with Crippen LogP contribution < -0.4 is 11.5 Å². The number of aliphatic hydroxyl groups is 1. The van der Waals surface area contributed by atoms with Crippen molar-refractivity contribution in [1.29, 1.82) is 0 Å². The van der Waals surface area contributed by atoms with Gasteiger partial charge < -0.3 is 16.6 Å². The normalized spacial score (nSPS) is 11.7. The molecule has 78 valence electrons. The maximum Gasteiger partial charge on any atom is 0.169 e. The SMILES string of the molecule is C=C/C(O)=C(\C=C)c1cc(N)c(N)nn1. The third-order valence-electron chi connectivity index (χ3n) is 1.80. The molecule has 1 rings (SSSR count). The Morgan fingerprint density at radius 1 is 1.27 bits per heavy atom. The van der Waals surface area contributed by atoms with Gasteiger partial charge in [0, 0.05) is 5.57 Å². The Morgan fingerprint density at radius 2 is 1.93 bits per heavy atom. The molecule has 0 fully saturated rings. The summed E-state index contributed by atoms with van der Waals surface area (Å²) in [7, 11) is 0. The molecule has 0 atom stereocenters. The molecular weight excluding hydrogens is 192 g/mol. The molecule has 5 heteroatoms. The quantitative estimate of drug-likeness (QED) is 0.509. The third-order valence-corrected chi connectivity index (χ3v) is 1.80. The largest absolute Gasteiger partial charge is 0.507 e. The van der Waals surface area contributed by atoms with Crippen molar-refractivity contribution in [3.8, 4) is 0 Å². The van der Waals surface area contributed by atoms with Gasteiger partial charge in [0.25, 0.3) is 0 Å². The number of hydrogen-bond donors (Lipinski definition) is 3. The number of hydrogen-bond acceptors (Lipinski definition) is 5. The first-order valence-corrected chi connectivity index (χ1v) is 4.17. The van der Waals surface area contributed by atoms with E-state index in [9.17, 15) is 5.11 Å². The smallest absolute Gasteiger partial charge is 0.169 e. The van der Waals surface area contributed by atoms with E-state index in [1.165, 1.54) is 18.2 Å². The second kappa shape index (κ2) is 4.28. The van der Waals surface area contributed by atoms with Gasteiger partial charge in [-0.2, -0.15) is 0 Å². The van der Waals surface area contributed by atoms with Crippen LogP contribution in [0.25, 0.3) is 5.57 Å². The van der Waals surface area contributed by atoms with Crippen molar-refractivity contribution in [1.82, 2.24) is 10.2 Å². The van der Waals surface area contributed by atoms with E-state index in [4.69, 9.17) is 11.5 Å². The van der Waals surface area contributed by atoms with Crippen LogP contribution in [-0.4, -0.2) is 15.3 Å². The van der Waals surface area contributed by atoms with Gasteiger partial charge >= 0.3 is 0 Å². The number of aromatic nitrogens is 2. The highest BCUT2D eigenvalue weighted by Gasteiger charge is 2.07. The molecule has 1 aromatic heterocycles. The molecule has 0 saturated heterocycles. The van der Waals surface area contributed by atoms with Gasteiger partial charge in [-0.25, -0.2) is 0 Å². The van der Waals surface area contributed by atoms with E-state index in [1.807, 2.05) is 0 Å². The van der Waals surface area contributed by atoms with Crippen LogP contribution in [0, 0.1) is 0 Å². The molecule has 0 spiro atoms. The lowest BCUT2D eigenvalue weighted by molar-refractivity contribution is 0.436. The molecule has 0 aliphatic carbocycles. The van der Waals surface area contributed by atoms with Gasteiger partial charge in [0.2, 0.25) is 0 Å². The van der Waals surface area contributed by atoms with E-state index in [-0.39, 0.29) is 11.6 Å². The van der Waals surface area contributed by atoms with Gasteiger partial charge in [-0.3, -0.25) is 0 Å². The van der Waals surface area contributed by atoms with Gasteiger partial charge in [-0.1, -0.05) is 19.2 Å². The van der Waals surface area contributed by atoms with Crippen LogP contribution in [0.2, 0.25) is 0 Å². The van der Waals surface area contributed by atoms with Crippen LogP contribution in [0.15, 0.2) is 37.1 Å². The van der Waals surface area contributed by atoms with Crippen molar-refractivity contribution >= 4 is 17.1 Å². The fourth-order valence-corrected chi connectivity index (χ4v) is 0.998. The molecule has 0 aliphatic heterocycles. The summed E-state index contributed by atoms with van der Waals surface area (Å²) in [6.45, 7) is 6.99. The fourth-order valence-electron chi connectivity index (χ4n) is 0.998. The van der Waals surface area contributed by atoms with E-state index in [2.05, 4.69) is 23.4 Å². The van der Waals surface area contributed by atoms with Crippen molar-refractivity contribution in [2.45, 2.75) is 0 Å². The summed E-state index contributed by atoms with van der Waals surface area (Å²) in [4.78, 5) is 0. The van der Waals surface area contributed by atoms with E-state index in [0.717, 1.165) is 0 Å². The molecule has 15 heavy (non-hydrogen) atoms. The Balaban J connectivity index is 3.32. The number of nitrogen functional groups attached to an aromatic ring is 2. The second-order valence-corrected chi connectivity index (χ2v) is 2.78. The predicted molar refractivity (Wildman–Crippen MR) is 60.8 cm³/mol. The third kappa shape index (κ3) is 2.14. The van der Waals surface area contributed by atoms with Crippen LogP contribution in [-0.2, 0) is 0 Å². The van der Waals surface area contributed by atoms with E-state index in [0.29, 0.717) is 17.0 Å². The van der Waals surface area contributed by atoms with Gasteiger partial charge in [0.05, 0.1) is 11.4 Å².